The third kappa shape index (κ3) is 2.07. The molecule has 17 heavy (non-hydrogen) atoms. The maximum absolute atomic E-state index is 5.14. The van der Waals surface area contributed by atoms with Gasteiger partial charge >= 0.3 is 0 Å². The van der Waals surface area contributed by atoms with Crippen LogP contribution in [0.3, 0.4) is 0 Å². The number of methoxy groups -OCH3 is 1. The van der Waals surface area contributed by atoms with E-state index in [1.54, 1.807) is 13.4 Å². The zero-order chi connectivity index (χ0) is 11.7. The van der Waals surface area contributed by atoms with Gasteiger partial charge in [0.05, 0.1) is 7.11 Å². The van der Waals surface area contributed by atoms with Crippen LogP contribution in [0, 0.1) is 5.92 Å². The highest BCUT2D eigenvalue weighted by molar-refractivity contribution is 5.41. The van der Waals surface area contributed by atoms with Crippen LogP contribution in [-0.2, 0) is 0 Å². The Morgan fingerprint density at radius 1 is 1.41 bits per heavy atom. The van der Waals surface area contributed by atoms with Gasteiger partial charge in [0.15, 0.2) is 0 Å². The SMILES string of the molecule is COc1cc(N2CCC3NCCC3C2)ncn1. The molecule has 1 N–H and O–H groups in total. The largest absolute Gasteiger partial charge is 0.481 e. The molecule has 2 unspecified atom stereocenters. The summed E-state index contributed by atoms with van der Waals surface area (Å²) in [5.41, 5.74) is 0. The van der Waals surface area contributed by atoms with Crippen LogP contribution < -0.4 is 15.0 Å². The third-order valence-corrected chi connectivity index (χ3v) is 3.82. The van der Waals surface area contributed by atoms with Crippen LogP contribution in [0.2, 0.25) is 0 Å². The Kier molecular flexibility index (Phi) is 2.84. The highest BCUT2D eigenvalue weighted by Crippen LogP contribution is 2.27. The van der Waals surface area contributed by atoms with E-state index in [0.29, 0.717) is 5.88 Å². The first-order valence-corrected chi connectivity index (χ1v) is 6.21. The van der Waals surface area contributed by atoms with Crippen molar-refractivity contribution in [2.45, 2.75) is 18.9 Å². The Labute approximate surface area is 101 Å². The van der Waals surface area contributed by atoms with Gasteiger partial charge in [-0.2, -0.15) is 0 Å². The van der Waals surface area contributed by atoms with Crippen LogP contribution in [0.1, 0.15) is 12.8 Å². The summed E-state index contributed by atoms with van der Waals surface area (Å²) in [6.45, 7) is 3.32. The van der Waals surface area contributed by atoms with Gasteiger partial charge in [0.2, 0.25) is 5.88 Å². The van der Waals surface area contributed by atoms with E-state index in [2.05, 4.69) is 20.2 Å². The van der Waals surface area contributed by atoms with E-state index >= 15 is 0 Å². The van der Waals surface area contributed by atoms with E-state index in [1.165, 1.54) is 12.8 Å². The molecule has 2 atom stereocenters. The predicted octanol–water partition coefficient (Wildman–Crippen LogP) is 0.673. The maximum Gasteiger partial charge on any atom is 0.218 e. The molecule has 3 heterocycles. The van der Waals surface area contributed by atoms with Gasteiger partial charge in [0.25, 0.3) is 0 Å². The minimum atomic E-state index is 0.640. The summed E-state index contributed by atoms with van der Waals surface area (Å²) in [6.07, 6.45) is 4.06. The van der Waals surface area contributed by atoms with Gasteiger partial charge in [0.1, 0.15) is 12.1 Å². The van der Waals surface area contributed by atoms with Crippen molar-refractivity contribution < 1.29 is 4.74 Å². The zero-order valence-corrected chi connectivity index (χ0v) is 10.1. The normalized spacial score (nSPS) is 27.9. The van der Waals surface area contributed by atoms with Crippen molar-refractivity contribution in [1.82, 2.24) is 15.3 Å². The Morgan fingerprint density at radius 3 is 3.24 bits per heavy atom. The van der Waals surface area contributed by atoms with Crippen LogP contribution >= 0.6 is 0 Å². The third-order valence-electron chi connectivity index (χ3n) is 3.82. The highest BCUT2D eigenvalue weighted by atomic mass is 16.5. The van der Waals surface area contributed by atoms with Gasteiger partial charge in [-0.05, 0) is 25.3 Å². The Hall–Kier alpha value is -1.36. The first-order valence-electron chi connectivity index (χ1n) is 6.21. The minimum absolute atomic E-state index is 0.640. The molecule has 3 rings (SSSR count). The lowest BCUT2D eigenvalue weighted by Crippen LogP contribution is -2.44. The fourth-order valence-electron chi connectivity index (χ4n) is 2.87. The van der Waals surface area contributed by atoms with E-state index < -0.39 is 0 Å². The molecule has 1 aromatic heterocycles. The number of ether oxygens (including phenoxy) is 1. The lowest BCUT2D eigenvalue weighted by molar-refractivity contribution is 0.372. The van der Waals surface area contributed by atoms with Crippen LogP contribution in [0.4, 0.5) is 5.82 Å². The van der Waals surface area contributed by atoms with E-state index in [-0.39, 0.29) is 0 Å². The van der Waals surface area contributed by atoms with Crippen molar-refractivity contribution >= 4 is 5.82 Å². The number of nitrogens with zero attached hydrogens (tertiary/aromatic N) is 3. The molecule has 0 amide bonds. The monoisotopic (exact) mass is 234 g/mol. The van der Waals surface area contributed by atoms with Crippen molar-refractivity contribution in [1.29, 1.82) is 0 Å². The van der Waals surface area contributed by atoms with E-state index in [4.69, 9.17) is 4.74 Å². The molecular weight excluding hydrogens is 216 g/mol. The molecule has 2 saturated heterocycles. The predicted molar refractivity (Wildman–Crippen MR) is 65.3 cm³/mol. The van der Waals surface area contributed by atoms with Crippen molar-refractivity contribution in [3.8, 4) is 5.88 Å². The molecule has 0 aliphatic carbocycles. The second kappa shape index (κ2) is 4.49. The fourth-order valence-corrected chi connectivity index (χ4v) is 2.87. The van der Waals surface area contributed by atoms with Gasteiger partial charge in [-0.1, -0.05) is 0 Å². The molecule has 0 bridgehead atoms. The molecule has 5 heteroatoms. The van der Waals surface area contributed by atoms with E-state index in [1.807, 2.05) is 6.07 Å². The van der Waals surface area contributed by atoms with Crippen LogP contribution in [-0.4, -0.2) is 42.8 Å². The summed E-state index contributed by atoms with van der Waals surface area (Å²) in [4.78, 5) is 10.7. The molecule has 5 nitrogen and oxygen atoms in total. The number of anilines is 1. The number of hydrogen-bond acceptors (Lipinski definition) is 5. The molecule has 2 aliphatic heterocycles. The fraction of sp³-hybridized carbons (Fsp3) is 0.667. The van der Waals surface area contributed by atoms with Gasteiger partial charge in [0, 0.05) is 25.2 Å². The van der Waals surface area contributed by atoms with Crippen molar-refractivity contribution in [3.63, 3.8) is 0 Å². The maximum atomic E-state index is 5.14. The molecule has 92 valence electrons. The summed E-state index contributed by atoms with van der Waals surface area (Å²) in [5, 5.41) is 3.57. The molecule has 0 spiro atoms. The Morgan fingerprint density at radius 2 is 2.35 bits per heavy atom. The van der Waals surface area contributed by atoms with Gasteiger partial charge in [-0.25, -0.2) is 9.97 Å². The molecule has 0 radical (unpaired) electrons. The first kappa shape index (κ1) is 10.8. The molecule has 0 saturated carbocycles. The van der Waals surface area contributed by atoms with Crippen molar-refractivity contribution in [2.24, 2.45) is 5.92 Å². The number of fused-ring (bicyclic) bond motifs is 1. The van der Waals surface area contributed by atoms with Gasteiger partial charge in [-0.15, -0.1) is 0 Å². The minimum Gasteiger partial charge on any atom is -0.481 e. The second-order valence-electron chi connectivity index (χ2n) is 4.76. The molecule has 1 aromatic rings. The number of piperidine rings is 1. The molecule has 2 fully saturated rings. The standard InChI is InChI=1S/C12H18N4O/c1-17-12-6-11(14-8-15-12)16-5-3-10-9(7-16)2-4-13-10/h6,8-10,13H,2-5,7H2,1H3. The number of aromatic nitrogens is 2. The lowest BCUT2D eigenvalue weighted by atomic mass is 9.93. The summed E-state index contributed by atoms with van der Waals surface area (Å²) in [5.74, 6) is 2.40. The van der Waals surface area contributed by atoms with Crippen molar-refractivity contribution in [2.75, 3.05) is 31.6 Å². The van der Waals surface area contributed by atoms with Gasteiger partial charge in [-0.3, -0.25) is 0 Å². The number of hydrogen-bond donors (Lipinski definition) is 1. The average Bonchev–Trinajstić information content (AvgIpc) is 2.86. The molecule has 2 aliphatic rings. The van der Waals surface area contributed by atoms with Crippen molar-refractivity contribution in [3.05, 3.63) is 12.4 Å². The second-order valence-corrected chi connectivity index (χ2v) is 4.76. The molecular formula is C12H18N4O. The molecule has 0 aromatic carbocycles. The number of rotatable bonds is 2. The lowest BCUT2D eigenvalue weighted by Gasteiger charge is -2.35. The summed E-state index contributed by atoms with van der Waals surface area (Å²) in [7, 11) is 1.64. The topological polar surface area (TPSA) is 50.3 Å². The van der Waals surface area contributed by atoms with Crippen LogP contribution in [0.5, 0.6) is 5.88 Å². The summed E-state index contributed by atoms with van der Waals surface area (Å²) >= 11 is 0. The van der Waals surface area contributed by atoms with E-state index in [9.17, 15) is 0 Å². The Bertz CT molecular complexity index is 398. The van der Waals surface area contributed by atoms with Crippen LogP contribution in [0.25, 0.3) is 0 Å². The summed E-state index contributed by atoms with van der Waals surface area (Å²) in [6, 6.07) is 2.64. The average molecular weight is 234 g/mol. The van der Waals surface area contributed by atoms with E-state index in [0.717, 1.165) is 37.4 Å². The quantitative estimate of drug-likeness (QED) is 0.815. The first-order chi connectivity index (χ1) is 8.36. The number of nitrogens with one attached hydrogen (secondary N) is 1. The zero-order valence-electron chi connectivity index (χ0n) is 10.1. The smallest absolute Gasteiger partial charge is 0.218 e. The highest BCUT2D eigenvalue weighted by Gasteiger charge is 2.33. The van der Waals surface area contributed by atoms with Crippen LogP contribution in [0.15, 0.2) is 12.4 Å². The van der Waals surface area contributed by atoms with Gasteiger partial charge < -0.3 is 15.0 Å². The Balaban J connectivity index is 1.75. The summed E-state index contributed by atoms with van der Waals surface area (Å²) < 4.78 is 5.14.